The van der Waals surface area contributed by atoms with Gasteiger partial charge >= 0.3 is 0 Å². The molecule has 0 spiro atoms. The molecule has 6 nitrogen and oxygen atoms in total. The van der Waals surface area contributed by atoms with E-state index in [9.17, 15) is 14.4 Å². The molecule has 0 fully saturated rings. The molecule has 0 aliphatic carbocycles. The Bertz CT molecular complexity index is 793. The smallest absolute Gasteiger partial charge is 0.254 e. The molecule has 2 aromatic rings. The van der Waals surface area contributed by atoms with Crippen LogP contribution in [0.5, 0.6) is 0 Å². The third kappa shape index (κ3) is 4.44. The van der Waals surface area contributed by atoms with Crippen LogP contribution >= 0.6 is 0 Å². The number of anilines is 1. The number of benzene rings is 2. The zero-order chi connectivity index (χ0) is 18.6. The van der Waals surface area contributed by atoms with Crippen molar-refractivity contribution < 1.29 is 14.4 Å². The molecular formula is C19H21N3O3. The standard InChI is InChI=1S/C19H21N3O3/c1-12-5-4-6-13(2)17(12)21-16(23)11-22(3)19(25)15-9-7-14(8-10-15)18(20)24/h4-10H,11H2,1-3H3,(H2,20,24)(H,21,23). The zero-order valence-corrected chi connectivity index (χ0v) is 14.5. The number of hydrogen-bond acceptors (Lipinski definition) is 3. The third-order valence-electron chi connectivity index (χ3n) is 3.89. The molecule has 2 aromatic carbocycles. The Morgan fingerprint density at radius 2 is 1.48 bits per heavy atom. The summed E-state index contributed by atoms with van der Waals surface area (Å²) in [7, 11) is 1.55. The lowest BCUT2D eigenvalue weighted by atomic mass is 10.1. The lowest BCUT2D eigenvalue weighted by Crippen LogP contribution is -2.35. The minimum atomic E-state index is -0.555. The van der Waals surface area contributed by atoms with E-state index in [1.54, 1.807) is 7.05 Å². The maximum atomic E-state index is 12.4. The van der Waals surface area contributed by atoms with Crippen LogP contribution in [-0.4, -0.2) is 36.2 Å². The van der Waals surface area contributed by atoms with Crippen LogP contribution in [0.1, 0.15) is 31.8 Å². The largest absolute Gasteiger partial charge is 0.366 e. The Balaban J connectivity index is 2.03. The number of likely N-dealkylation sites (N-methyl/N-ethyl adjacent to an activating group) is 1. The van der Waals surface area contributed by atoms with Crippen molar-refractivity contribution in [1.29, 1.82) is 0 Å². The predicted octanol–water partition coefficient (Wildman–Crippen LogP) is 2.11. The van der Waals surface area contributed by atoms with E-state index in [-0.39, 0.29) is 18.4 Å². The van der Waals surface area contributed by atoms with Crippen LogP contribution in [0.25, 0.3) is 0 Å². The molecule has 3 N–H and O–H groups in total. The molecule has 0 atom stereocenters. The van der Waals surface area contributed by atoms with Crippen LogP contribution in [0.4, 0.5) is 5.69 Å². The molecule has 0 saturated carbocycles. The fourth-order valence-electron chi connectivity index (χ4n) is 2.48. The first kappa shape index (κ1) is 18.2. The van der Waals surface area contributed by atoms with E-state index in [4.69, 9.17) is 5.73 Å². The third-order valence-corrected chi connectivity index (χ3v) is 3.89. The number of amides is 3. The second-order valence-electron chi connectivity index (χ2n) is 5.92. The molecule has 130 valence electrons. The van der Waals surface area contributed by atoms with Crippen LogP contribution in [-0.2, 0) is 4.79 Å². The van der Waals surface area contributed by atoms with E-state index in [1.165, 1.54) is 29.2 Å². The summed E-state index contributed by atoms with van der Waals surface area (Å²) in [6.45, 7) is 3.75. The second kappa shape index (κ2) is 7.61. The minimum absolute atomic E-state index is 0.0792. The highest BCUT2D eigenvalue weighted by atomic mass is 16.2. The molecule has 0 unspecified atom stereocenters. The highest BCUT2D eigenvalue weighted by Gasteiger charge is 2.16. The SMILES string of the molecule is Cc1cccc(C)c1NC(=O)CN(C)C(=O)c1ccc(C(N)=O)cc1. The molecule has 0 saturated heterocycles. The lowest BCUT2D eigenvalue weighted by Gasteiger charge is -2.18. The summed E-state index contributed by atoms with van der Waals surface area (Å²) < 4.78 is 0. The van der Waals surface area contributed by atoms with Crippen LogP contribution < -0.4 is 11.1 Å². The Kier molecular flexibility index (Phi) is 5.54. The Morgan fingerprint density at radius 1 is 0.960 bits per heavy atom. The van der Waals surface area contributed by atoms with Crippen LogP contribution in [0, 0.1) is 13.8 Å². The van der Waals surface area contributed by atoms with Gasteiger partial charge < -0.3 is 16.0 Å². The number of nitrogens with zero attached hydrogens (tertiary/aromatic N) is 1. The summed E-state index contributed by atoms with van der Waals surface area (Å²) in [6.07, 6.45) is 0. The van der Waals surface area contributed by atoms with Gasteiger partial charge in [-0.1, -0.05) is 18.2 Å². The predicted molar refractivity (Wildman–Crippen MR) is 96.5 cm³/mol. The Labute approximate surface area is 146 Å². The van der Waals surface area contributed by atoms with Crippen LogP contribution in [0.3, 0.4) is 0 Å². The monoisotopic (exact) mass is 339 g/mol. The summed E-state index contributed by atoms with van der Waals surface area (Å²) in [5.74, 6) is -1.14. The number of carbonyl (C=O) groups is 3. The van der Waals surface area contributed by atoms with Gasteiger partial charge in [0.2, 0.25) is 11.8 Å². The average molecular weight is 339 g/mol. The highest BCUT2D eigenvalue weighted by molar-refractivity contribution is 6.00. The van der Waals surface area contributed by atoms with E-state index < -0.39 is 5.91 Å². The number of para-hydroxylation sites is 1. The van der Waals surface area contributed by atoms with Crippen molar-refractivity contribution in [3.8, 4) is 0 Å². The summed E-state index contributed by atoms with van der Waals surface area (Å²) in [4.78, 5) is 37.0. The molecule has 0 bridgehead atoms. The van der Waals surface area contributed by atoms with Crippen molar-refractivity contribution in [3.05, 3.63) is 64.7 Å². The van der Waals surface area contributed by atoms with Gasteiger partial charge in [0, 0.05) is 23.9 Å². The maximum Gasteiger partial charge on any atom is 0.254 e. The van der Waals surface area contributed by atoms with Gasteiger partial charge in [0.05, 0.1) is 6.54 Å². The fraction of sp³-hybridized carbons (Fsp3) is 0.211. The van der Waals surface area contributed by atoms with Gasteiger partial charge in [0.25, 0.3) is 5.91 Å². The van der Waals surface area contributed by atoms with Crippen LogP contribution in [0.2, 0.25) is 0 Å². The van der Waals surface area contributed by atoms with E-state index in [2.05, 4.69) is 5.32 Å². The topological polar surface area (TPSA) is 92.5 Å². The molecule has 25 heavy (non-hydrogen) atoms. The average Bonchev–Trinajstić information content (AvgIpc) is 2.57. The first-order valence-corrected chi connectivity index (χ1v) is 7.81. The molecule has 6 heteroatoms. The summed E-state index contributed by atoms with van der Waals surface area (Å²) in [5.41, 5.74) is 8.57. The lowest BCUT2D eigenvalue weighted by molar-refractivity contribution is -0.116. The molecule has 0 radical (unpaired) electrons. The van der Waals surface area contributed by atoms with Crippen molar-refractivity contribution in [2.45, 2.75) is 13.8 Å². The number of primary amides is 1. The molecular weight excluding hydrogens is 318 g/mol. The van der Waals surface area contributed by atoms with Gasteiger partial charge in [-0.25, -0.2) is 0 Å². The minimum Gasteiger partial charge on any atom is -0.366 e. The van der Waals surface area contributed by atoms with E-state index in [0.717, 1.165) is 16.8 Å². The number of rotatable bonds is 5. The first-order valence-electron chi connectivity index (χ1n) is 7.81. The van der Waals surface area contributed by atoms with Gasteiger partial charge in [0.15, 0.2) is 0 Å². The summed E-state index contributed by atoms with van der Waals surface area (Å²) in [5, 5.41) is 2.85. The maximum absolute atomic E-state index is 12.4. The second-order valence-corrected chi connectivity index (χ2v) is 5.92. The quantitative estimate of drug-likeness (QED) is 0.874. The van der Waals surface area contributed by atoms with Gasteiger partial charge in [-0.05, 0) is 49.2 Å². The van der Waals surface area contributed by atoms with Crippen molar-refractivity contribution in [2.24, 2.45) is 5.73 Å². The number of nitrogens with two attached hydrogens (primary N) is 1. The Hall–Kier alpha value is -3.15. The highest BCUT2D eigenvalue weighted by Crippen LogP contribution is 2.19. The summed E-state index contributed by atoms with van der Waals surface area (Å²) in [6, 6.07) is 11.8. The molecule has 0 aliphatic rings. The van der Waals surface area contributed by atoms with E-state index >= 15 is 0 Å². The number of aryl methyl sites for hydroxylation is 2. The molecule has 0 heterocycles. The van der Waals surface area contributed by atoms with Gasteiger partial charge in [-0.2, -0.15) is 0 Å². The van der Waals surface area contributed by atoms with Gasteiger partial charge in [-0.3, -0.25) is 14.4 Å². The molecule has 2 rings (SSSR count). The molecule has 3 amide bonds. The molecule has 0 aliphatic heterocycles. The fourth-order valence-corrected chi connectivity index (χ4v) is 2.48. The van der Waals surface area contributed by atoms with Crippen molar-refractivity contribution >= 4 is 23.4 Å². The van der Waals surface area contributed by atoms with Crippen molar-refractivity contribution in [2.75, 3.05) is 18.9 Å². The zero-order valence-electron chi connectivity index (χ0n) is 14.5. The van der Waals surface area contributed by atoms with Gasteiger partial charge in [-0.15, -0.1) is 0 Å². The van der Waals surface area contributed by atoms with Crippen LogP contribution in [0.15, 0.2) is 42.5 Å². The van der Waals surface area contributed by atoms with Crippen molar-refractivity contribution in [3.63, 3.8) is 0 Å². The Morgan fingerprint density at radius 3 is 2.00 bits per heavy atom. The van der Waals surface area contributed by atoms with E-state index in [1.807, 2.05) is 32.0 Å². The molecule has 0 aromatic heterocycles. The van der Waals surface area contributed by atoms with E-state index in [0.29, 0.717) is 11.1 Å². The normalized spacial score (nSPS) is 10.2. The number of nitrogens with one attached hydrogen (secondary N) is 1. The van der Waals surface area contributed by atoms with Gasteiger partial charge in [0.1, 0.15) is 0 Å². The first-order chi connectivity index (χ1) is 11.8. The number of hydrogen-bond donors (Lipinski definition) is 2. The summed E-state index contributed by atoms with van der Waals surface area (Å²) >= 11 is 0. The number of carbonyl (C=O) groups excluding carboxylic acids is 3. The van der Waals surface area contributed by atoms with Crippen molar-refractivity contribution in [1.82, 2.24) is 4.90 Å².